The molecule has 1 aromatic carbocycles. The highest BCUT2D eigenvalue weighted by molar-refractivity contribution is 5.22. The number of aryl methyl sites for hydroxylation is 1. The monoisotopic (exact) mass is 234 g/mol. The molecule has 0 heterocycles. The summed E-state index contributed by atoms with van der Waals surface area (Å²) in [6.45, 7) is 7.15. The van der Waals surface area contributed by atoms with Crippen molar-refractivity contribution in [1.29, 1.82) is 0 Å². The Kier molecular flexibility index (Phi) is 6.90. The van der Waals surface area contributed by atoms with E-state index in [1.807, 2.05) is 0 Å². The lowest BCUT2D eigenvalue weighted by atomic mass is 10.1. The first-order valence-corrected chi connectivity index (χ1v) is 6.78. The van der Waals surface area contributed by atoms with E-state index >= 15 is 0 Å². The van der Waals surface area contributed by atoms with E-state index in [-0.39, 0.29) is 0 Å². The Morgan fingerprint density at radius 3 is 2.29 bits per heavy atom. The van der Waals surface area contributed by atoms with E-state index in [4.69, 9.17) is 5.73 Å². The van der Waals surface area contributed by atoms with Crippen LogP contribution in [-0.4, -0.2) is 13.1 Å². The molecule has 0 amide bonds. The van der Waals surface area contributed by atoms with Crippen LogP contribution in [0.4, 0.5) is 0 Å². The van der Waals surface area contributed by atoms with E-state index in [0.717, 1.165) is 26.1 Å². The van der Waals surface area contributed by atoms with Crippen LogP contribution in [0.5, 0.6) is 0 Å². The molecule has 0 aromatic heterocycles. The molecule has 2 nitrogen and oxygen atoms in total. The van der Waals surface area contributed by atoms with Gasteiger partial charge in [-0.05, 0) is 36.6 Å². The number of nitrogens with one attached hydrogen (secondary N) is 1. The van der Waals surface area contributed by atoms with Gasteiger partial charge in [0.25, 0.3) is 0 Å². The van der Waals surface area contributed by atoms with Gasteiger partial charge in [0, 0.05) is 6.54 Å². The number of benzene rings is 1. The Bertz CT molecular complexity index is 288. The van der Waals surface area contributed by atoms with E-state index in [1.165, 1.54) is 24.0 Å². The summed E-state index contributed by atoms with van der Waals surface area (Å²) >= 11 is 0. The molecular weight excluding hydrogens is 208 g/mol. The summed E-state index contributed by atoms with van der Waals surface area (Å²) in [5, 5.41) is 3.48. The highest BCUT2D eigenvalue weighted by Crippen LogP contribution is 2.07. The second-order valence-electron chi connectivity index (χ2n) is 4.71. The molecular formula is C15H26N2. The number of nitrogens with two attached hydrogens (primary N) is 1. The lowest BCUT2D eigenvalue weighted by Crippen LogP contribution is -2.27. The standard InChI is InChI=1S/C15H26N2/c1-3-5-14-6-8-15(9-7-14)12-17-11-13(4-2)10-16/h6-9,13,17H,3-5,10-12,16H2,1-2H3. The van der Waals surface area contributed by atoms with E-state index < -0.39 is 0 Å². The fourth-order valence-electron chi connectivity index (χ4n) is 1.93. The molecule has 1 aromatic rings. The molecule has 17 heavy (non-hydrogen) atoms. The van der Waals surface area contributed by atoms with Gasteiger partial charge in [-0.15, -0.1) is 0 Å². The summed E-state index contributed by atoms with van der Waals surface area (Å²) in [5.74, 6) is 0.606. The molecule has 0 spiro atoms. The highest BCUT2D eigenvalue weighted by atomic mass is 14.9. The molecule has 1 unspecified atom stereocenters. The predicted octanol–water partition coefficient (Wildman–Crippen LogP) is 2.71. The lowest BCUT2D eigenvalue weighted by Gasteiger charge is -2.13. The summed E-state index contributed by atoms with van der Waals surface area (Å²) < 4.78 is 0. The average Bonchev–Trinajstić information content (AvgIpc) is 2.37. The van der Waals surface area contributed by atoms with E-state index in [2.05, 4.69) is 43.4 Å². The summed E-state index contributed by atoms with van der Waals surface area (Å²) in [6.07, 6.45) is 3.55. The lowest BCUT2D eigenvalue weighted by molar-refractivity contribution is 0.471. The van der Waals surface area contributed by atoms with Crippen LogP contribution < -0.4 is 11.1 Å². The Morgan fingerprint density at radius 1 is 1.12 bits per heavy atom. The van der Waals surface area contributed by atoms with Gasteiger partial charge in [-0.2, -0.15) is 0 Å². The second kappa shape index (κ2) is 8.26. The zero-order valence-electron chi connectivity index (χ0n) is 11.2. The number of hydrogen-bond donors (Lipinski definition) is 2. The van der Waals surface area contributed by atoms with Gasteiger partial charge in [0.2, 0.25) is 0 Å². The van der Waals surface area contributed by atoms with E-state index in [0.29, 0.717) is 5.92 Å². The average molecular weight is 234 g/mol. The maximum atomic E-state index is 5.68. The zero-order chi connectivity index (χ0) is 12.5. The minimum Gasteiger partial charge on any atom is -0.330 e. The molecule has 0 aliphatic heterocycles. The largest absolute Gasteiger partial charge is 0.330 e. The molecule has 96 valence electrons. The van der Waals surface area contributed by atoms with Gasteiger partial charge in [-0.3, -0.25) is 0 Å². The molecule has 0 radical (unpaired) electrons. The van der Waals surface area contributed by atoms with E-state index in [9.17, 15) is 0 Å². The third kappa shape index (κ3) is 5.33. The third-order valence-electron chi connectivity index (χ3n) is 3.23. The van der Waals surface area contributed by atoms with Gasteiger partial charge >= 0.3 is 0 Å². The Morgan fingerprint density at radius 2 is 1.76 bits per heavy atom. The summed E-state index contributed by atoms with van der Waals surface area (Å²) in [5.41, 5.74) is 8.47. The first-order valence-electron chi connectivity index (χ1n) is 6.78. The second-order valence-corrected chi connectivity index (χ2v) is 4.71. The first kappa shape index (κ1) is 14.2. The van der Waals surface area contributed by atoms with Gasteiger partial charge in [-0.25, -0.2) is 0 Å². The van der Waals surface area contributed by atoms with Crippen molar-refractivity contribution in [3.05, 3.63) is 35.4 Å². The van der Waals surface area contributed by atoms with Gasteiger partial charge in [0.15, 0.2) is 0 Å². The number of hydrogen-bond acceptors (Lipinski definition) is 2. The fraction of sp³-hybridized carbons (Fsp3) is 0.600. The minimum absolute atomic E-state index is 0.606. The Labute approximate surface area is 106 Å². The van der Waals surface area contributed by atoms with Crippen molar-refractivity contribution in [2.24, 2.45) is 11.7 Å². The summed E-state index contributed by atoms with van der Waals surface area (Å²) in [7, 11) is 0. The fourth-order valence-corrected chi connectivity index (χ4v) is 1.93. The van der Waals surface area contributed by atoms with Crippen LogP contribution >= 0.6 is 0 Å². The molecule has 0 aliphatic rings. The SMILES string of the molecule is CCCc1ccc(CNCC(CC)CN)cc1. The molecule has 0 bridgehead atoms. The van der Waals surface area contributed by atoms with Crippen LogP contribution in [-0.2, 0) is 13.0 Å². The topological polar surface area (TPSA) is 38.0 Å². The van der Waals surface area contributed by atoms with Crippen LogP contribution in [0.25, 0.3) is 0 Å². The molecule has 0 saturated heterocycles. The van der Waals surface area contributed by atoms with Crippen molar-refractivity contribution in [2.75, 3.05) is 13.1 Å². The van der Waals surface area contributed by atoms with Crippen molar-refractivity contribution in [3.8, 4) is 0 Å². The molecule has 1 rings (SSSR count). The van der Waals surface area contributed by atoms with Gasteiger partial charge in [-0.1, -0.05) is 51.0 Å². The first-order chi connectivity index (χ1) is 8.30. The van der Waals surface area contributed by atoms with Crippen molar-refractivity contribution in [2.45, 2.75) is 39.7 Å². The Hall–Kier alpha value is -0.860. The third-order valence-corrected chi connectivity index (χ3v) is 3.23. The minimum atomic E-state index is 0.606. The summed E-state index contributed by atoms with van der Waals surface area (Å²) in [6, 6.07) is 8.92. The van der Waals surface area contributed by atoms with Gasteiger partial charge < -0.3 is 11.1 Å². The molecule has 3 N–H and O–H groups in total. The highest BCUT2D eigenvalue weighted by Gasteiger charge is 2.02. The maximum Gasteiger partial charge on any atom is 0.0205 e. The predicted molar refractivity (Wildman–Crippen MR) is 75.0 cm³/mol. The van der Waals surface area contributed by atoms with Crippen molar-refractivity contribution >= 4 is 0 Å². The van der Waals surface area contributed by atoms with Crippen molar-refractivity contribution in [3.63, 3.8) is 0 Å². The number of rotatable bonds is 8. The normalized spacial score (nSPS) is 12.6. The molecule has 2 heteroatoms. The summed E-state index contributed by atoms with van der Waals surface area (Å²) in [4.78, 5) is 0. The van der Waals surface area contributed by atoms with E-state index in [1.54, 1.807) is 0 Å². The van der Waals surface area contributed by atoms with Crippen LogP contribution in [0.3, 0.4) is 0 Å². The zero-order valence-corrected chi connectivity index (χ0v) is 11.2. The Balaban J connectivity index is 2.31. The van der Waals surface area contributed by atoms with Crippen molar-refractivity contribution in [1.82, 2.24) is 5.32 Å². The molecule has 1 atom stereocenters. The molecule has 0 fully saturated rings. The van der Waals surface area contributed by atoms with Gasteiger partial charge in [0.05, 0.1) is 0 Å². The quantitative estimate of drug-likeness (QED) is 0.726. The van der Waals surface area contributed by atoms with Crippen molar-refractivity contribution < 1.29 is 0 Å². The maximum absolute atomic E-state index is 5.68. The van der Waals surface area contributed by atoms with Crippen LogP contribution in [0.2, 0.25) is 0 Å². The van der Waals surface area contributed by atoms with Gasteiger partial charge in [0.1, 0.15) is 0 Å². The van der Waals surface area contributed by atoms with Crippen LogP contribution in [0.1, 0.15) is 37.8 Å². The smallest absolute Gasteiger partial charge is 0.0205 e. The van der Waals surface area contributed by atoms with Crippen LogP contribution in [0, 0.1) is 5.92 Å². The van der Waals surface area contributed by atoms with Crippen LogP contribution in [0.15, 0.2) is 24.3 Å². The molecule has 0 aliphatic carbocycles. The molecule has 0 saturated carbocycles.